The number of amides is 1. The molecular weight excluding hydrogens is 346 g/mol. The van der Waals surface area contributed by atoms with Crippen LogP contribution in [0, 0.1) is 11.8 Å². The molecule has 2 rings (SSSR count). The Morgan fingerprint density at radius 2 is 1.85 bits per heavy atom. The van der Waals surface area contributed by atoms with Crippen molar-refractivity contribution in [1.82, 2.24) is 5.32 Å². The Hall–Kier alpha value is -2.24. The molecule has 1 saturated carbocycles. The Labute approximate surface area is 161 Å². The van der Waals surface area contributed by atoms with Crippen LogP contribution in [0.15, 0.2) is 18.2 Å². The third-order valence-corrected chi connectivity index (χ3v) is 5.51. The summed E-state index contributed by atoms with van der Waals surface area (Å²) >= 11 is 0. The molecule has 1 fully saturated rings. The van der Waals surface area contributed by atoms with Crippen LogP contribution in [0.3, 0.4) is 0 Å². The second kappa shape index (κ2) is 9.62. The summed E-state index contributed by atoms with van der Waals surface area (Å²) in [6.07, 6.45) is 2.54. The fourth-order valence-electron chi connectivity index (χ4n) is 3.54. The molecule has 0 unspecified atom stereocenters. The molecule has 1 amide bonds. The first-order chi connectivity index (χ1) is 12.8. The number of nitrogens with one attached hydrogen (secondary N) is 1. The summed E-state index contributed by atoms with van der Waals surface area (Å²) in [5, 5.41) is 3.05. The third kappa shape index (κ3) is 5.62. The van der Waals surface area contributed by atoms with Gasteiger partial charge < -0.3 is 19.5 Å². The van der Waals surface area contributed by atoms with Crippen LogP contribution in [0.2, 0.25) is 0 Å². The average molecular weight is 377 g/mol. The molecule has 27 heavy (non-hydrogen) atoms. The summed E-state index contributed by atoms with van der Waals surface area (Å²) in [5.41, 5.74) is 0.736. The van der Waals surface area contributed by atoms with Gasteiger partial charge in [-0.1, -0.05) is 32.8 Å². The van der Waals surface area contributed by atoms with Crippen molar-refractivity contribution in [1.29, 1.82) is 0 Å². The highest BCUT2D eigenvalue weighted by atomic mass is 16.5. The van der Waals surface area contributed by atoms with Crippen molar-refractivity contribution < 1.29 is 23.8 Å². The molecule has 4 atom stereocenters. The molecule has 6 heteroatoms. The largest absolute Gasteiger partial charge is 0.493 e. The van der Waals surface area contributed by atoms with Crippen LogP contribution in [0.4, 0.5) is 0 Å². The van der Waals surface area contributed by atoms with Gasteiger partial charge in [-0.15, -0.1) is 0 Å². The second-order valence-electron chi connectivity index (χ2n) is 7.38. The Balaban J connectivity index is 1.88. The summed E-state index contributed by atoms with van der Waals surface area (Å²) in [6.45, 7) is 6.00. The van der Waals surface area contributed by atoms with Crippen molar-refractivity contribution in [3.8, 4) is 11.5 Å². The monoisotopic (exact) mass is 377 g/mol. The summed E-state index contributed by atoms with van der Waals surface area (Å²) in [5.74, 6) is 1.48. The summed E-state index contributed by atoms with van der Waals surface area (Å²) in [4.78, 5) is 24.6. The number of carbonyl (C=O) groups excluding carboxylic acids is 2. The average Bonchev–Trinajstić information content (AvgIpc) is 2.65. The van der Waals surface area contributed by atoms with Gasteiger partial charge in [0.1, 0.15) is 0 Å². The molecule has 0 aliphatic heterocycles. The van der Waals surface area contributed by atoms with E-state index in [0.717, 1.165) is 18.4 Å². The molecule has 0 bridgehead atoms. The quantitative estimate of drug-likeness (QED) is 0.739. The molecule has 1 aromatic carbocycles. The molecule has 1 aliphatic carbocycles. The Bertz CT molecular complexity index is 660. The lowest BCUT2D eigenvalue weighted by molar-refractivity contribution is -0.154. The smallest absolute Gasteiger partial charge is 0.311 e. The summed E-state index contributed by atoms with van der Waals surface area (Å²) in [6, 6.07) is 5.39. The van der Waals surface area contributed by atoms with Crippen LogP contribution in [0.5, 0.6) is 11.5 Å². The first-order valence-electron chi connectivity index (χ1n) is 9.56. The zero-order valence-electron chi connectivity index (χ0n) is 16.9. The van der Waals surface area contributed by atoms with Gasteiger partial charge >= 0.3 is 5.97 Å². The van der Waals surface area contributed by atoms with Crippen molar-refractivity contribution in [2.75, 3.05) is 14.2 Å². The molecule has 0 saturated heterocycles. The first-order valence-corrected chi connectivity index (χ1v) is 9.56. The number of esters is 1. The van der Waals surface area contributed by atoms with Crippen LogP contribution in [0.1, 0.15) is 45.6 Å². The Kier molecular flexibility index (Phi) is 7.51. The van der Waals surface area contributed by atoms with Gasteiger partial charge in [0.15, 0.2) is 17.6 Å². The van der Waals surface area contributed by atoms with E-state index in [1.807, 2.05) is 0 Å². The highest BCUT2D eigenvalue weighted by Crippen LogP contribution is 2.30. The third-order valence-electron chi connectivity index (χ3n) is 5.51. The van der Waals surface area contributed by atoms with Crippen LogP contribution in [0.25, 0.3) is 0 Å². The van der Waals surface area contributed by atoms with E-state index in [4.69, 9.17) is 14.2 Å². The van der Waals surface area contributed by atoms with Crippen molar-refractivity contribution in [3.63, 3.8) is 0 Å². The number of hydrogen-bond acceptors (Lipinski definition) is 5. The first kappa shape index (κ1) is 21.1. The van der Waals surface area contributed by atoms with Crippen molar-refractivity contribution in [2.24, 2.45) is 11.8 Å². The molecule has 0 heterocycles. The maximum Gasteiger partial charge on any atom is 0.311 e. The van der Waals surface area contributed by atoms with Gasteiger partial charge in [0.25, 0.3) is 5.91 Å². The van der Waals surface area contributed by atoms with Crippen LogP contribution < -0.4 is 14.8 Å². The number of rotatable bonds is 7. The molecule has 6 nitrogen and oxygen atoms in total. The minimum absolute atomic E-state index is 0.0643. The molecule has 0 spiro atoms. The van der Waals surface area contributed by atoms with Gasteiger partial charge in [-0.25, -0.2) is 0 Å². The minimum atomic E-state index is -0.818. The molecule has 0 radical (unpaired) electrons. The van der Waals surface area contributed by atoms with Gasteiger partial charge in [-0.3, -0.25) is 9.59 Å². The van der Waals surface area contributed by atoms with Crippen molar-refractivity contribution >= 4 is 11.9 Å². The predicted molar refractivity (Wildman–Crippen MR) is 103 cm³/mol. The predicted octanol–water partition coefficient (Wildman–Crippen LogP) is 3.12. The van der Waals surface area contributed by atoms with Crippen LogP contribution >= 0.6 is 0 Å². The van der Waals surface area contributed by atoms with E-state index < -0.39 is 12.1 Å². The van der Waals surface area contributed by atoms with E-state index in [1.54, 1.807) is 39.3 Å². The minimum Gasteiger partial charge on any atom is -0.493 e. The van der Waals surface area contributed by atoms with Gasteiger partial charge in [-0.2, -0.15) is 0 Å². The maximum absolute atomic E-state index is 12.4. The molecule has 0 aromatic heterocycles. The summed E-state index contributed by atoms with van der Waals surface area (Å²) in [7, 11) is 3.10. The van der Waals surface area contributed by atoms with E-state index in [2.05, 4.69) is 19.2 Å². The van der Waals surface area contributed by atoms with Gasteiger partial charge in [0.2, 0.25) is 0 Å². The fraction of sp³-hybridized carbons (Fsp3) is 0.619. The Morgan fingerprint density at radius 3 is 2.52 bits per heavy atom. The lowest BCUT2D eigenvalue weighted by Gasteiger charge is -2.35. The topological polar surface area (TPSA) is 73.9 Å². The van der Waals surface area contributed by atoms with Crippen LogP contribution in [-0.4, -0.2) is 38.2 Å². The molecule has 1 N–H and O–H groups in total. The summed E-state index contributed by atoms with van der Waals surface area (Å²) < 4.78 is 15.8. The number of carbonyl (C=O) groups is 2. The number of hydrogen-bond donors (Lipinski definition) is 1. The number of methoxy groups -OCH3 is 2. The Morgan fingerprint density at radius 1 is 1.15 bits per heavy atom. The van der Waals surface area contributed by atoms with E-state index in [-0.39, 0.29) is 18.4 Å². The van der Waals surface area contributed by atoms with Crippen molar-refractivity contribution in [2.45, 2.75) is 58.6 Å². The SMILES string of the molecule is COc1ccc(CC(=O)O[C@H](C)C(=O)N[C@@H]2CCC[C@H](C)[C@@H]2C)cc1OC. The van der Waals surface area contributed by atoms with E-state index in [0.29, 0.717) is 23.3 Å². The van der Waals surface area contributed by atoms with Crippen LogP contribution in [-0.2, 0) is 20.7 Å². The number of ether oxygens (including phenoxy) is 3. The molecule has 1 aromatic rings. The zero-order chi connectivity index (χ0) is 20.0. The molecule has 1 aliphatic rings. The van der Waals surface area contributed by atoms with Gasteiger partial charge in [0.05, 0.1) is 20.6 Å². The highest BCUT2D eigenvalue weighted by Gasteiger charge is 2.30. The standard InChI is InChI=1S/C21H31NO5/c1-13-7-6-8-17(14(13)2)22-21(24)15(3)27-20(23)12-16-9-10-18(25-4)19(11-16)26-5/h9-11,13-15,17H,6-8,12H2,1-5H3,(H,22,24)/t13-,14-,15+,17+/m0/s1. The maximum atomic E-state index is 12.4. The van der Waals surface area contributed by atoms with Gasteiger partial charge in [0, 0.05) is 6.04 Å². The fourth-order valence-corrected chi connectivity index (χ4v) is 3.54. The molecular formula is C21H31NO5. The second-order valence-corrected chi connectivity index (χ2v) is 7.38. The van der Waals surface area contributed by atoms with Crippen molar-refractivity contribution in [3.05, 3.63) is 23.8 Å². The highest BCUT2D eigenvalue weighted by molar-refractivity contribution is 5.84. The molecule has 150 valence electrons. The van der Waals surface area contributed by atoms with E-state index >= 15 is 0 Å². The lowest BCUT2D eigenvalue weighted by atomic mass is 9.78. The van der Waals surface area contributed by atoms with E-state index in [9.17, 15) is 9.59 Å². The zero-order valence-corrected chi connectivity index (χ0v) is 16.9. The van der Waals surface area contributed by atoms with E-state index in [1.165, 1.54) is 6.42 Å². The lowest BCUT2D eigenvalue weighted by Crippen LogP contribution is -2.47. The number of benzene rings is 1. The normalized spacial score (nSPS) is 23.2. The van der Waals surface area contributed by atoms with Gasteiger partial charge in [-0.05, 0) is 42.9 Å².